The smallest absolute Gasteiger partial charge is 0.0460 e. The van der Waals surface area contributed by atoms with E-state index < -0.39 is 0 Å². The van der Waals surface area contributed by atoms with Gasteiger partial charge in [0.2, 0.25) is 0 Å². The molecule has 0 saturated carbocycles. The van der Waals surface area contributed by atoms with Crippen LogP contribution in [0.2, 0.25) is 0 Å². The first-order chi connectivity index (χ1) is 5.92. The second-order valence-corrected chi connectivity index (χ2v) is 2.65. The van der Waals surface area contributed by atoms with Crippen LogP contribution >= 0.6 is 0 Å². The molecule has 60 valence electrons. The minimum atomic E-state index is 1.13. The van der Waals surface area contributed by atoms with E-state index >= 15 is 0 Å². The lowest BCUT2D eigenvalue weighted by Gasteiger charge is -1.88. The van der Waals surface area contributed by atoms with Gasteiger partial charge >= 0.3 is 0 Å². The molecule has 0 unspecified atom stereocenters. The number of fused-ring (bicyclic) bond motifs is 1. The molecule has 0 radical (unpaired) electrons. The topological polar surface area (TPSA) is 41.8 Å². The second-order valence-electron chi connectivity index (χ2n) is 2.65. The van der Waals surface area contributed by atoms with E-state index in [1.54, 1.807) is 6.20 Å². The van der Waals surface area contributed by atoms with Crippen molar-refractivity contribution in [2.75, 3.05) is 0 Å². The van der Waals surface area contributed by atoms with E-state index in [-0.39, 0.29) is 0 Å². The quantitative estimate of drug-likeness (QED) is 0.655. The van der Waals surface area contributed by atoms with E-state index in [9.17, 15) is 0 Å². The molecule has 0 amide bonds. The van der Waals surface area contributed by atoms with Crippen LogP contribution in [0.15, 0.2) is 36.7 Å². The Labute approximate surface area is 70.7 Å². The van der Waals surface area contributed by atoms with Gasteiger partial charge in [0.25, 0.3) is 0 Å². The Hall–Kier alpha value is -1.70. The van der Waals surface area contributed by atoms with Crippen LogP contribution in [-0.4, -0.2) is 4.98 Å². The number of para-hydroxylation sites is 1. The van der Waals surface area contributed by atoms with Crippen LogP contribution in [0.1, 0.15) is 5.56 Å². The molecule has 3 N–H and O–H groups in total. The lowest BCUT2D eigenvalue weighted by atomic mass is 10.2. The van der Waals surface area contributed by atoms with E-state index in [1.807, 2.05) is 30.5 Å². The van der Waals surface area contributed by atoms with Crippen molar-refractivity contribution < 1.29 is 0 Å². The summed E-state index contributed by atoms with van der Waals surface area (Å²) in [6.07, 6.45) is 5.39. The molecule has 12 heavy (non-hydrogen) atoms. The molecule has 0 saturated heterocycles. The molecule has 2 nitrogen and oxygen atoms in total. The van der Waals surface area contributed by atoms with Crippen molar-refractivity contribution in [2.45, 2.75) is 0 Å². The minimum absolute atomic E-state index is 1.13. The van der Waals surface area contributed by atoms with Gasteiger partial charge in [0, 0.05) is 22.7 Å². The normalized spacial score (nSPS) is 11.3. The fraction of sp³-hybridized carbons (Fsp3) is 0. The summed E-state index contributed by atoms with van der Waals surface area (Å²) in [6, 6.07) is 8.14. The van der Waals surface area contributed by atoms with E-state index in [4.69, 9.17) is 5.73 Å². The molecule has 2 aromatic rings. The van der Waals surface area contributed by atoms with Gasteiger partial charge in [-0.05, 0) is 18.3 Å². The molecule has 1 aromatic heterocycles. The Bertz CT molecular complexity index is 412. The monoisotopic (exact) mass is 158 g/mol. The summed E-state index contributed by atoms with van der Waals surface area (Å²) in [5.74, 6) is 0. The molecule has 2 rings (SSSR count). The molecule has 0 bridgehead atoms. The van der Waals surface area contributed by atoms with Gasteiger partial charge in [-0.3, -0.25) is 0 Å². The summed E-state index contributed by atoms with van der Waals surface area (Å²) in [7, 11) is 0. The molecule has 1 aromatic carbocycles. The number of rotatable bonds is 1. The maximum atomic E-state index is 5.32. The summed E-state index contributed by atoms with van der Waals surface area (Å²) in [5, 5.41) is 1.21. The zero-order valence-corrected chi connectivity index (χ0v) is 6.62. The SMILES string of the molecule is N/C=C/c1c[nH]c2ccccc12. The van der Waals surface area contributed by atoms with E-state index in [1.165, 1.54) is 5.39 Å². The van der Waals surface area contributed by atoms with Crippen molar-refractivity contribution >= 4 is 17.0 Å². The molecule has 2 heteroatoms. The fourth-order valence-corrected chi connectivity index (χ4v) is 1.34. The third-order valence-electron chi connectivity index (χ3n) is 1.90. The van der Waals surface area contributed by atoms with Crippen molar-refractivity contribution in [3.63, 3.8) is 0 Å². The van der Waals surface area contributed by atoms with Crippen molar-refractivity contribution in [3.8, 4) is 0 Å². The number of aromatic amines is 1. The van der Waals surface area contributed by atoms with Gasteiger partial charge < -0.3 is 10.7 Å². The van der Waals surface area contributed by atoms with Gasteiger partial charge in [-0.2, -0.15) is 0 Å². The zero-order chi connectivity index (χ0) is 8.39. The van der Waals surface area contributed by atoms with Gasteiger partial charge in [-0.25, -0.2) is 0 Å². The average molecular weight is 158 g/mol. The van der Waals surface area contributed by atoms with E-state index in [0.717, 1.165) is 11.1 Å². The van der Waals surface area contributed by atoms with Crippen LogP contribution in [0.25, 0.3) is 17.0 Å². The lowest BCUT2D eigenvalue weighted by molar-refractivity contribution is 1.47. The van der Waals surface area contributed by atoms with Gasteiger partial charge in [0.05, 0.1) is 0 Å². The zero-order valence-electron chi connectivity index (χ0n) is 6.62. The summed E-state index contributed by atoms with van der Waals surface area (Å²) >= 11 is 0. The molecule has 0 fully saturated rings. The Balaban J connectivity index is 2.70. The predicted octanol–water partition coefficient (Wildman–Crippen LogP) is 2.10. The molecular formula is C10H10N2. The predicted molar refractivity (Wildman–Crippen MR) is 51.5 cm³/mol. The summed E-state index contributed by atoms with van der Waals surface area (Å²) in [5.41, 5.74) is 7.59. The third-order valence-corrected chi connectivity index (χ3v) is 1.90. The number of benzene rings is 1. The van der Waals surface area contributed by atoms with E-state index in [2.05, 4.69) is 11.1 Å². The van der Waals surface area contributed by atoms with Gasteiger partial charge in [-0.1, -0.05) is 18.2 Å². The van der Waals surface area contributed by atoms with Crippen molar-refractivity contribution in [3.05, 3.63) is 42.2 Å². The van der Waals surface area contributed by atoms with Gasteiger partial charge in [0.15, 0.2) is 0 Å². The first kappa shape index (κ1) is 6.98. The second kappa shape index (κ2) is 2.74. The number of hydrogen-bond donors (Lipinski definition) is 2. The maximum absolute atomic E-state index is 5.32. The summed E-state index contributed by atoms with van der Waals surface area (Å²) < 4.78 is 0. The standard InChI is InChI=1S/C10H10N2/c11-6-5-8-7-12-10-4-2-1-3-9(8)10/h1-7,12H,11H2/b6-5+. The number of H-pyrrole nitrogens is 1. The molecule has 0 aliphatic carbocycles. The fourth-order valence-electron chi connectivity index (χ4n) is 1.34. The Morgan fingerprint density at radius 3 is 2.92 bits per heavy atom. The van der Waals surface area contributed by atoms with Crippen LogP contribution in [-0.2, 0) is 0 Å². The molecule has 0 aliphatic heterocycles. The summed E-state index contributed by atoms with van der Waals surface area (Å²) in [6.45, 7) is 0. The van der Waals surface area contributed by atoms with Crippen LogP contribution in [0.5, 0.6) is 0 Å². The number of nitrogens with two attached hydrogens (primary N) is 1. The summed E-state index contributed by atoms with van der Waals surface area (Å²) in [4.78, 5) is 3.17. The first-order valence-corrected chi connectivity index (χ1v) is 3.86. The minimum Gasteiger partial charge on any atom is -0.405 e. The lowest BCUT2D eigenvalue weighted by Crippen LogP contribution is -1.75. The third kappa shape index (κ3) is 0.975. The number of nitrogens with one attached hydrogen (secondary N) is 1. The van der Waals surface area contributed by atoms with Crippen LogP contribution < -0.4 is 5.73 Å². The van der Waals surface area contributed by atoms with Crippen molar-refractivity contribution in [1.82, 2.24) is 4.98 Å². The highest BCUT2D eigenvalue weighted by atomic mass is 14.7. The highest BCUT2D eigenvalue weighted by molar-refractivity contribution is 5.88. The van der Waals surface area contributed by atoms with Crippen molar-refractivity contribution in [1.29, 1.82) is 0 Å². The first-order valence-electron chi connectivity index (χ1n) is 3.86. The highest BCUT2D eigenvalue weighted by Crippen LogP contribution is 2.18. The highest BCUT2D eigenvalue weighted by Gasteiger charge is 1.97. The van der Waals surface area contributed by atoms with Crippen LogP contribution in [0.4, 0.5) is 0 Å². The Kier molecular flexibility index (Phi) is 1.59. The number of hydrogen-bond acceptors (Lipinski definition) is 1. The van der Waals surface area contributed by atoms with E-state index in [0.29, 0.717) is 0 Å². The molecular weight excluding hydrogens is 148 g/mol. The maximum Gasteiger partial charge on any atom is 0.0460 e. The Morgan fingerprint density at radius 1 is 1.25 bits per heavy atom. The molecule has 0 spiro atoms. The van der Waals surface area contributed by atoms with Crippen molar-refractivity contribution in [2.24, 2.45) is 5.73 Å². The van der Waals surface area contributed by atoms with Crippen LogP contribution in [0, 0.1) is 0 Å². The molecule has 0 atom stereocenters. The molecule has 0 aliphatic rings. The average Bonchev–Trinajstić information content (AvgIpc) is 2.50. The van der Waals surface area contributed by atoms with Gasteiger partial charge in [-0.15, -0.1) is 0 Å². The Morgan fingerprint density at radius 2 is 2.08 bits per heavy atom. The number of aromatic nitrogens is 1. The van der Waals surface area contributed by atoms with Crippen LogP contribution in [0.3, 0.4) is 0 Å². The van der Waals surface area contributed by atoms with Gasteiger partial charge in [0.1, 0.15) is 0 Å². The molecule has 1 heterocycles. The largest absolute Gasteiger partial charge is 0.405 e.